The van der Waals surface area contributed by atoms with Crippen LogP contribution in [0.25, 0.3) is 0 Å². The summed E-state index contributed by atoms with van der Waals surface area (Å²) in [5, 5.41) is 7.64. The number of hydrogen-bond donors (Lipinski definition) is 2. The molecule has 0 amide bonds. The highest BCUT2D eigenvalue weighted by molar-refractivity contribution is 5.75. The third kappa shape index (κ3) is 5.25. The van der Waals surface area contributed by atoms with Gasteiger partial charge < -0.3 is 20.2 Å². The lowest BCUT2D eigenvalue weighted by atomic mass is 9.95. The first-order valence-corrected chi connectivity index (χ1v) is 10.6. The third-order valence-corrected chi connectivity index (χ3v) is 6.15. The molecule has 1 fully saturated rings. The molecular weight excluding hydrogens is 352 g/mol. The molecular formula is C22H34N4O2. The molecule has 2 aliphatic rings. The number of carbonyl (C=O) groups is 1. The Morgan fingerprint density at radius 3 is 2.79 bits per heavy atom. The number of carbonyl (C=O) groups excluding carboxylic acids is 1. The van der Waals surface area contributed by atoms with Gasteiger partial charge in [-0.1, -0.05) is 25.8 Å². The molecule has 1 unspecified atom stereocenters. The Kier molecular flexibility index (Phi) is 7.31. The van der Waals surface area contributed by atoms with E-state index in [1.165, 1.54) is 11.1 Å². The summed E-state index contributed by atoms with van der Waals surface area (Å²) >= 11 is 0. The number of hydrogen-bond acceptors (Lipinski definition) is 4. The number of guanidine groups is 1. The van der Waals surface area contributed by atoms with Gasteiger partial charge in [0.2, 0.25) is 0 Å². The zero-order valence-electron chi connectivity index (χ0n) is 17.0. The van der Waals surface area contributed by atoms with Crippen LogP contribution in [0.1, 0.15) is 50.2 Å². The Bertz CT molecular complexity index is 671. The average molecular weight is 387 g/mol. The van der Waals surface area contributed by atoms with Crippen LogP contribution in [0.15, 0.2) is 18.2 Å². The van der Waals surface area contributed by atoms with E-state index in [1.54, 1.807) is 0 Å². The van der Waals surface area contributed by atoms with Crippen molar-refractivity contribution in [1.29, 1.82) is 5.41 Å². The van der Waals surface area contributed by atoms with Gasteiger partial charge in [0.05, 0.1) is 12.6 Å². The summed E-state index contributed by atoms with van der Waals surface area (Å²) in [6.45, 7) is 6.36. The SMILES string of the molecule is CCCCC(C=O)N1CCC(COc2ccc3c(c2)CN(C(=N)N)CC3)CC1. The standard InChI is InChI=1S/C22H34N4O2/c1-2-3-4-20(15-27)25-10-7-17(8-11-25)16-28-21-6-5-18-9-12-26(22(23)24)14-19(18)13-21/h5-6,13,15,17,20H,2-4,7-12,14,16H2,1H3,(H3,23,24). The maximum absolute atomic E-state index is 11.4. The van der Waals surface area contributed by atoms with E-state index in [0.29, 0.717) is 12.5 Å². The molecule has 1 aromatic rings. The Hall–Kier alpha value is -2.08. The molecule has 3 N–H and O–H groups in total. The normalized spacial score (nSPS) is 19.1. The van der Waals surface area contributed by atoms with E-state index >= 15 is 0 Å². The number of rotatable bonds is 8. The van der Waals surface area contributed by atoms with Gasteiger partial charge in [0.1, 0.15) is 12.0 Å². The summed E-state index contributed by atoms with van der Waals surface area (Å²) in [6, 6.07) is 6.40. The lowest BCUT2D eigenvalue weighted by Crippen LogP contribution is -2.43. The highest BCUT2D eigenvalue weighted by Gasteiger charge is 2.25. The Balaban J connectivity index is 1.47. The largest absolute Gasteiger partial charge is 0.493 e. The van der Waals surface area contributed by atoms with Crippen molar-refractivity contribution in [1.82, 2.24) is 9.80 Å². The first kappa shape index (κ1) is 20.6. The first-order valence-electron chi connectivity index (χ1n) is 10.6. The van der Waals surface area contributed by atoms with Gasteiger partial charge in [-0.2, -0.15) is 0 Å². The summed E-state index contributed by atoms with van der Waals surface area (Å²) in [7, 11) is 0. The van der Waals surface area contributed by atoms with Crippen molar-refractivity contribution in [2.24, 2.45) is 11.7 Å². The van der Waals surface area contributed by atoms with Crippen molar-refractivity contribution in [3.63, 3.8) is 0 Å². The number of fused-ring (bicyclic) bond motifs is 1. The molecule has 2 heterocycles. The van der Waals surface area contributed by atoms with E-state index in [-0.39, 0.29) is 12.0 Å². The van der Waals surface area contributed by atoms with Crippen LogP contribution < -0.4 is 10.5 Å². The molecule has 0 saturated carbocycles. The molecule has 28 heavy (non-hydrogen) atoms. The molecule has 1 saturated heterocycles. The minimum absolute atomic E-state index is 0.0895. The highest BCUT2D eigenvalue weighted by Crippen LogP contribution is 2.26. The third-order valence-electron chi connectivity index (χ3n) is 6.15. The Labute approximate surface area is 168 Å². The number of likely N-dealkylation sites (tertiary alicyclic amines) is 1. The molecule has 1 atom stereocenters. The average Bonchev–Trinajstić information content (AvgIpc) is 2.73. The molecule has 154 valence electrons. The van der Waals surface area contributed by atoms with Crippen LogP contribution in [-0.2, 0) is 17.8 Å². The number of nitrogens with one attached hydrogen (secondary N) is 1. The van der Waals surface area contributed by atoms with E-state index in [2.05, 4.69) is 30.0 Å². The van der Waals surface area contributed by atoms with Gasteiger partial charge in [0.15, 0.2) is 5.96 Å². The number of ether oxygens (including phenoxy) is 1. The molecule has 0 aliphatic carbocycles. The first-order chi connectivity index (χ1) is 13.6. The van der Waals surface area contributed by atoms with Crippen molar-refractivity contribution in [2.45, 2.75) is 58.0 Å². The number of nitrogens with zero attached hydrogens (tertiary/aromatic N) is 2. The van der Waals surface area contributed by atoms with Crippen molar-refractivity contribution in [3.05, 3.63) is 29.3 Å². The summed E-state index contributed by atoms with van der Waals surface area (Å²) < 4.78 is 6.10. The van der Waals surface area contributed by atoms with E-state index < -0.39 is 0 Å². The predicted molar refractivity (Wildman–Crippen MR) is 112 cm³/mol. The number of aldehydes is 1. The molecule has 0 bridgehead atoms. The van der Waals surface area contributed by atoms with Gasteiger partial charge in [0.25, 0.3) is 0 Å². The van der Waals surface area contributed by atoms with Crippen LogP contribution in [0.3, 0.4) is 0 Å². The summed E-state index contributed by atoms with van der Waals surface area (Å²) in [5.74, 6) is 1.58. The lowest BCUT2D eigenvalue weighted by molar-refractivity contribution is -0.113. The lowest BCUT2D eigenvalue weighted by Gasteiger charge is -2.35. The molecule has 2 aliphatic heterocycles. The number of piperidine rings is 1. The molecule has 0 spiro atoms. The predicted octanol–water partition coefficient (Wildman–Crippen LogP) is 2.79. The van der Waals surface area contributed by atoms with Crippen LogP contribution >= 0.6 is 0 Å². The fraction of sp³-hybridized carbons (Fsp3) is 0.636. The maximum atomic E-state index is 11.4. The van der Waals surface area contributed by atoms with Crippen LogP contribution in [0.5, 0.6) is 5.75 Å². The highest BCUT2D eigenvalue weighted by atomic mass is 16.5. The van der Waals surface area contributed by atoms with E-state index in [1.807, 2.05) is 4.90 Å². The molecule has 6 nitrogen and oxygen atoms in total. The molecule has 0 aromatic heterocycles. The van der Waals surface area contributed by atoms with Gasteiger partial charge >= 0.3 is 0 Å². The minimum Gasteiger partial charge on any atom is -0.493 e. The van der Waals surface area contributed by atoms with Gasteiger partial charge in [-0.15, -0.1) is 0 Å². The molecule has 0 radical (unpaired) electrons. The molecule has 6 heteroatoms. The second kappa shape index (κ2) is 9.92. The van der Waals surface area contributed by atoms with Crippen LogP contribution in [0.2, 0.25) is 0 Å². The Morgan fingerprint density at radius 2 is 2.11 bits per heavy atom. The summed E-state index contributed by atoms with van der Waals surface area (Å²) in [5.41, 5.74) is 8.17. The Morgan fingerprint density at radius 1 is 1.32 bits per heavy atom. The van der Waals surface area contributed by atoms with Gasteiger partial charge in [-0.05, 0) is 68.0 Å². The quantitative estimate of drug-likeness (QED) is 0.408. The molecule has 1 aromatic carbocycles. The van der Waals surface area contributed by atoms with E-state index in [9.17, 15) is 4.79 Å². The van der Waals surface area contributed by atoms with Gasteiger partial charge in [-0.25, -0.2) is 0 Å². The van der Waals surface area contributed by atoms with Crippen molar-refractivity contribution in [3.8, 4) is 5.75 Å². The van der Waals surface area contributed by atoms with Crippen LogP contribution in [-0.4, -0.2) is 54.3 Å². The number of nitrogens with two attached hydrogens (primary N) is 1. The molecule has 3 rings (SSSR count). The second-order valence-electron chi connectivity index (χ2n) is 8.12. The van der Waals surface area contributed by atoms with Crippen molar-refractivity contribution in [2.75, 3.05) is 26.2 Å². The fourth-order valence-electron chi connectivity index (χ4n) is 4.24. The van der Waals surface area contributed by atoms with Crippen LogP contribution in [0, 0.1) is 11.3 Å². The van der Waals surface area contributed by atoms with Crippen LogP contribution in [0.4, 0.5) is 0 Å². The number of benzene rings is 1. The van der Waals surface area contributed by atoms with Crippen molar-refractivity contribution >= 4 is 12.2 Å². The second-order valence-corrected chi connectivity index (χ2v) is 8.12. The van der Waals surface area contributed by atoms with Crippen molar-refractivity contribution < 1.29 is 9.53 Å². The van der Waals surface area contributed by atoms with Gasteiger partial charge in [-0.3, -0.25) is 10.3 Å². The smallest absolute Gasteiger partial charge is 0.188 e. The summed E-state index contributed by atoms with van der Waals surface area (Å²) in [4.78, 5) is 15.6. The summed E-state index contributed by atoms with van der Waals surface area (Å²) in [6.07, 6.45) is 7.45. The zero-order chi connectivity index (χ0) is 19.9. The minimum atomic E-state index is 0.0895. The monoisotopic (exact) mass is 386 g/mol. The zero-order valence-corrected chi connectivity index (χ0v) is 17.0. The van der Waals surface area contributed by atoms with E-state index in [4.69, 9.17) is 15.9 Å². The number of unbranched alkanes of at least 4 members (excludes halogenated alkanes) is 1. The van der Waals surface area contributed by atoms with Gasteiger partial charge in [0, 0.05) is 13.1 Å². The fourth-order valence-corrected chi connectivity index (χ4v) is 4.24. The topological polar surface area (TPSA) is 82.7 Å². The van der Waals surface area contributed by atoms with E-state index in [0.717, 1.165) is 76.8 Å². The maximum Gasteiger partial charge on any atom is 0.188 e.